The average Bonchev–Trinajstić information content (AvgIpc) is 2.40. The molecule has 0 radical (unpaired) electrons. The standard InChI is InChI=1S/C8H12ClNO2S/c9-4-1-2-5-10-8-3-6-13(11,12)7-8/h1-3,6,8,10H,4-5,7H2/b2-1+. The molecule has 1 aliphatic heterocycles. The third-order valence-electron chi connectivity index (χ3n) is 1.68. The number of rotatable bonds is 4. The van der Waals surface area contributed by atoms with E-state index in [-0.39, 0.29) is 11.8 Å². The van der Waals surface area contributed by atoms with Crippen LogP contribution >= 0.6 is 11.6 Å². The predicted octanol–water partition coefficient (Wildman–Crippen LogP) is 0.682. The van der Waals surface area contributed by atoms with Crippen molar-refractivity contribution in [1.29, 1.82) is 0 Å². The van der Waals surface area contributed by atoms with Crippen LogP contribution in [-0.4, -0.2) is 32.6 Å². The minimum absolute atomic E-state index is 0.0509. The lowest BCUT2D eigenvalue weighted by Crippen LogP contribution is -2.29. The second kappa shape index (κ2) is 4.79. The van der Waals surface area contributed by atoms with Gasteiger partial charge in [0.15, 0.2) is 9.84 Å². The average molecular weight is 222 g/mol. The van der Waals surface area contributed by atoms with Crippen molar-refractivity contribution in [2.45, 2.75) is 6.04 Å². The van der Waals surface area contributed by atoms with Crippen LogP contribution < -0.4 is 5.32 Å². The summed E-state index contributed by atoms with van der Waals surface area (Å²) < 4.78 is 21.9. The van der Waals surface area contributed by atoms with Gasteiger partial charge in [0.2, 0.25) is 0 Å². The number of nitrogens with one attached hydrogen (secondary N) is 1. The zero-order chi connectivity index (χ0) is 9.73. The second-order valence-electron chi connectivity index (χ2n) is 2.80. The number of halogens is 1. The fourth-order valence-corrected chi connectivity index (χ4v) is 2.46. The molecule has 74 valence electrons. The lowest BCUT2D eigenvalue weighted by Gasteiger charge is -2.05. The van der Waals surface area contributed by atoms with Crippen LogP contribution in [0.3, 0.4) is 0 Å². The van der Waals surface area contributed by atoms with Gasteiger partial charge in [-0.15, -0.1) is 11.6 Å². The summed E-state index contributed by atoms with van der Waals surface area (Å²) in [4.78, 5) is 0. The Kier molecular flexibility index (Phi) is 3.96. The maximum absolute atomic E-state index is 11.0. The molecule has 0 aliphatic carbocycles. The van der Waals surface area contributed by atoms with Crippen molar-refractivity contribution in [2.24, 2.45) is 0 Å². The number of allylic oxidation sites excluding steroid dienone is 1. The first kappa shape index (κ1) is 10.8. The molecule has 0 aromatic heterocycles. The Morgan fingerprint density at radius 1 is 1.54 bits per heavy atom. The van der Waals surface area contributed by atoms with E-state index in [1.807, 2.05) is 12.2 Å². The Hall–Kier alpha value is -0.320. The van der Waals surface area contributed by atoms with Gasteiger partial charge in [0.05, 0.1) is 5.75 Å². The molecule has 0 aromatic rings. The lowest BCUT2D eigenvalue weighted by molar-refractivity contribution is 0.597. The highest BCUT2D eigenvalue weighted by Crippen LogP contribution is 2.07. The zero-order valence-corrected chi connectivity index (χ0v) is 8.68. The molecular weight excluding hydrogens is 210 g/mol. The topological polar surface area (TPSA) is 46.2 Å². The lowest BCUT2D eigenvalue weighted by atomic mass is 10.3. The Morgan fingerprint density at radius 3 is 2.85 bits per heavy atom. The first-order valence-corrected chi connectivity index (χ1v) is 6.24. The molecule has 0 fully saturated rings. The number of sulfone groups is 1. The summed E-state index contributed by atoms with van der Waals surface area (Å²) in [6.45, 7) is 0.650. The zero-order valence-electron chi connectivity index (χ0n) is 7.11. The van der Waals surface area contributed by atoms with Crippen LogP contribution in [0.5, 0.6) is 0 Å². The van der Waals surface area contributed by atoms with Crippen molar-refractivity contribution in [3.05, 3.63) is 23.6 Å². The van der Waals surface area contributed by atoms with Gasteiger partial charge < -0.3 is 5.32 Å². The summed E-state index contributed by atoms with van der Waals surface area (Å²) in [6.07, 6.45) is 5.37. The fraction of sp³-hybridized carbons (Fsp3) is 0.500. The molecule has 1 heterocycles. The minimum Gasteiger partial charge on any atom is -0.306 e. The molecule has 1 atom stereocenters. The highest BCUT2D eigenvalue weighted by Gasteiger charge is 2.20. The Labute approximate surface area is 83.4 Å². The quantitative estimate of drug-likeness (QED) is 0.561. The van der Waals surface area contributed by atoms with Crippen LogP contribution in [0, 0.1) is 0 Å². The van der Waals surface area contributed by atoms with E-state index in [1.165, 1.54) is 5.41 Å². The molecule has 0 spiro atoms. The van der Waals surface area contributed by atoms with Crippen molar-refractivity contribution in [3.8, 4) is 0 Å². The largest absolute Gasteiger partial charge is 0.306 e. The summed E-state index contributed by atoms with van der Waals surface area (Å²) in [5, 5.41) is 4.32. The molecule has 0 amide bonds. The smallest absolute Gasteiger partial charge is 0.173 e. The molecule has 5 heteroatoms. The van der Waals surface area contributed by atoms with Gasteiger partial charge in [0.1, 0.15) is 0 Å². The van der Waals surface area contributed by atoms with Gasteiger partial charge >= 0.3 is 0 Å². The Morgan fingerprint density at radius 2 is 2.31 bits per heavy atom. The number of alkyl halides is 1. The SMILES string of the molecule is O=S1(=O)C=CC(NC/C=C/CCl)C1. The summed E-state index contributed by atoms with van der Waals surface area (Å²) in [5.74, 6) is 0.655. The molecule has 0 aromatic carbocycles. The normalized spacial score (nSPS) is 25.8. The molecule has 13 heavy (non-hydrogen) atoms. The van der Waals surface area contributed by atoms with Crippen LogP contribution in [0.15, 0.2) is 23.6 Å². The first-order chi connectivity index (χ1) is 6.14. The third-order valence-corrected chi connectivity index (χ3v) is 3.26. The molecule has 1 aliphatic rings. The van der Waals surface area contributed by atoms with Crippen LogP contribution in [0.2, 0.25) is 0 Å². The molecule has 0 saturated carbocycles. The van der Waals surface area contributed by atoms with E-state index in [0.717, 1.165) is 0 Å². The van der Waals surface area contributed by atoms with Gasteiger partial charge in [-0.05, 0) is 0 Å². The van der Waals surface area contributed by atoms with Gasteiger partial charge in [0.25, 0.3) is 0 Å². The van der Waals surface area contributed by atoms with Crippen molar-refractivity contribution < 1.29 is 8.42 Å². The van der Waals surface area contributed by atoms with Gasteiger partial charge in [0, 0.05) is 23.9 Å². The molecular formula is C8H12ClNO2S. The van der Waals surface area contributed by atoms with Gasteiger partial charge in [-0.2, -0.15) is 0 Å². The number of hydrogen-bond donors (Lipinski definition) is 1. The van der Waals surface area contributed by atoms with Crippen molar-refractivity contribution in [1.82, 2.24) is 5.32 Å². The van der Waals surface area contributed by atoms with Crippen molar-refractivity contribution in [3.63, 3.8) is 0 Å². The monoisotopic (exact) mass is 221 g/mol. The summed E-state index contributed by atoms with van der Waals surface area (Å²) in [5.41, 5.74) is 0. The van der Waals surface area contributed by atoms with Gasteiger partial charge in [-0.3, -0.25) is 0 Å². The van der Waals surface area contributed by atoms with Crippen molar-refractivity contribution >= 4 is 21.4 Å². The van der Waals surface area contributed by atoms with E-state index in [9.17, 15) is 8.42 Å². The van der Waals surface area contributed by atoms with Gasteiger partial charge in [-0.25, -0.2) is 8.42 Å². The molecule has 1 rings (SSSR count). The minimum atomic E-state index is -2.93. The van der Waals surface area contributed by atoms with Crippen LogP contribution in [-0.2, 0) is 9.84 Å². The van der Waals surface area contributed by atoms with Crippen LogP contribution in [0.25, 0.3) is 0 Å². The molecule has 0 saturated heterocycles. The molecule has 0 bridgehead atoms. The van der Waals surface area contributed by atoms with E-state index in [4.69, 9.17) is 11.6 Å². The maximum atomic E-state index is 11.0. The highest BCUT2D eigenvalue weighted by atomic mass is 35.5. The van der Waals surface area contributed by atoms with Gasteiger partial charge in [-0.1, -0.05) is 18.2 Å². The number of hydrogen-bond acceptors (Lipinski definition) is 3. The van der Waals surface area contributed by atoms with E-state index in [2.05, 4.69) is 5.32 Å². The molecule has 1 N–H and O–H groups in total. The van der Waals surface area contributed by atoms with E-state index < -0.39 is 9.84 Å². The highest BCUT2D eigenvalue weighted by molar-refractivity contribution is 7.94. The van der Waals surface area contributed by atoms with Crippen LogP contribution in [0.1, 0.15) is 0 Å². The third kappa shape index (κ3) is 3.93. The fourth-order valence-electron chi connectivity index (χ4n) is 1.07. The van der Waals surface area contributed by atoms with Crippen molar-refractivity contribution in [2.75, 3.05) is 18.2 Å². The van der Waals surface area contributed by atoms with E-state index >= 15 is 0 Å². The van der Waals surface area contributed by atoms with E-state index in [0.29, 0.717) is 12.4 Å². The first-order valence-electron chi connectivity index (χ1n) is 3.99. The Bertz CT molecular complexity index is 308. The predicted molar refractivity (Wildman–Crippen MR) is 54.6 cm³/mol. The maximum Gasteiger partial charge on any atom is 0.173 e. The van der Waals surface area contributed by atoms with Crippen LogP contribution in [0.4, 0.5) is 0 Å². The second-order valence-corrected chi connectivity index (χ2v) is 5.04. The summed E-state index contributed by atoms with van der Waals surface area (Å²) >= 11 is 5.42. The molecule has 1 unspecified atom stereocenters. The molecule has 3 nitrogen and oxygen atoms in total. The summed E-state index contributed by atoms with van der Waals surface area (Å²) in [7, 11) is -2.93. The van der Waals surface area contributed by atoms with E-state index in [1.54, 1.807) is 6.08 Å². The summed E-state index contributed by atoms with van der Waals surface area (Å²) in [6, 6.07) is -0.0509. The Balaban J connectivity index is 2.27.